The fourth-order valence-corrected chi connectivity index (χ4v) is 6.64. The first-order valence-electron chi connectivity index (χ1n) is 15.3. The molecular formula is C37H43N3O4. The minimum Gasteiger partial charge on any atom is -0.466 e. The lowest BCUT2D eigenvalue weighted by Gasteiger charge is -2.33. The van der Waals surface area contributed by atoms with E-state index in [0.29, 0.717) is 29.1 Å². The number of allylic oxidation sites excluding steroid dienone is 2. The van der Waals surface area contributed by atoms with Gasteiger partial charge in [0.1, 0.15) is 5.60 Å². The smallest absolute Gasteiger partial charge is 0.337 e. The number of anilines is 1. The molecule has 7 heteroatoms. The van der Waals surface area contributed by atoms with E-state index < -0.39 is 23.5 Å². The fourth-order valence-electron chi connectivity index (χ4n) is 6.64. The second-order valence-electron chi connectivity index (χ2n) is 12.0. The summed E-state index contributed by atoms with van der Waals surface area (Å²) in [6.45, 7) is 8.09. The number of benzene rings is 3. The molecule has 2 aliphatic rings. The molecule has 5 rings (SSSR count). The van der Waals surface area contributed by atoms with Crippen LogP contribution in [0.5, 0.6) is 0 Å². The van der Waals surface area contributed by atoms with Crippen molar-refractivity contribution in [3.63, 3.8) is 0 Å². The van der Waals surface area contributed by atoms with E-state index in [1.807, 2.05) is 52.1 Å². The Morgan fingerprint density at radius 1 is 0.932 bits per heavy atom. The average molecular weight is 594 g/mol. The Labute approximate surface area is 260 Å². The molecule has 2 N–H and O–H groups in total. The molecule has 2 unspecified atom stereocenters. The number of methoxy groups -OCH3 is 1. The first-order chi connectivity index (χ1) is 21.2. The third-order valence-electron chi connectivity index (χ3n) is 8.89. The number of ether oxygens (including phenoxy) is 2. The third kappa shape index (κ3) is 6.73. The summed E-state index contributed by atoms with van der Waals surface area (Å²) in [5, 5.41) is 6.40. The van der Waals surface area contributed by atoms with Crippen LogP contribution >= 0.6 is 0 Å². The van der Waals surface area contributed by atoms with Crippen LogP contribution in [0, 0.1) is 0 Å². The van der Waals surface area contributed by atoms with Gasteiger partial charge >= 0.3 is 11.9 Å². The Hall–Kier alpha value is -4.36. The van der Waals surface area contributed by atoms with Gasteiger partial charge in [0.25, 0.3) is 0 Å². The molecule has 2 aliphatic heterocycles. The molecule has 0 amide bonds. The monoisotopic (exact) mass is 593 g/mol. The summed E-state index contributed by atoms with van der Waals surface area (Å²) in [6, 6.07) is 29.0. The number of nitrogens with zero attached hydrogens (tertiary/aromatic N) is 1. The van der Waals surface area contributed by atoms with Crippen LogP contribution in [0.4, 0.5) is 5.69 Å². The number of esters is 2. The van der Waals surface area contributed by atoms with Gasteiger partial charge in [-0.15, -0.1) is 0 Å². The van der Waals surface area contributed by atoms with Crippen LogP contribution in [0.2, 0.25) is 0 Å². The molecule has 44 heavy (non-hydrogen) atoms. The lowest BCUT2D eigenvalue weighted by Crippen LogP contribution is -2.39. The van der Waals surface area contributed by atoms with Crippen LogP contribution in [-0.2, 0) is 19.1 Å². The maximum Gasteiger partial charge on any atom is 0.337 e. The predicted molar refractivity (Wildman–Crippen MR) is 174 cm³/mol. The van der Waals surface area contributed by atoms with E-state index in [9.17, 15) is 9.59 Å². The summed E-state index contributed by atoms with van der Waals surface area (Å²) in [5.41, 5.74) is 5.82. The Morgan fingerprint density at radius 3 is 2.14 bits per heavy atom. The van der Waals surface area contributed by atoms with Crippen LogP contribution in [0.15, 0.2) is 107 Å². The molecule has 1 saturated heterocycles. The van der Waals surface area contributed by atoms with Crippen molar-refractivity contribution in [2.45, 2.75) is 51.0 Å². The number of nitrogens with one attached hydrogen (secondary N) is 2. The van der Waals surface area contributed by atoms with Crippen LogP contribution in [0.25, 0.3) is 0 Å². The fraction of sp³-hybridized carbons (Fsp3) is 0.351. The zero-order chi connectivity index (χ0) is 31.3. The normalized spacial score (nSPS) is 20.5. The van der Waals surface area contributed by atoms with Crippen molar-refractivity contribution >= 4 is 17.6 Å². The Bertz CT molecular complexity index is 1510. The molecule has 3 aromatic carbocycles. The summed E-state index contributed by atoms with van der Waals surface area (Å²) in [4.78, 5) is 29.5. The maximum absolute atomic E-state index is 14.1. The van der Waals surface area contributed by atoms with Crippen LogP contribution in [0.1, 0.15) is 62.1 Å². The van der Waals surface area contributed by atoms with Crippen LogP contribution in [0.3, 0.4) is 0 Å². The minimum absolute atomic E-state index is 0.286. The van der Waals surface area contributed by atoms with E-state index in [4.69, 9.17) is 9.47 Å². The van der Waals surface area contributed by atoms with Crippen molar-refractivity contribution in [1.82, 2.24) is 10.2 Å². The van der Waals surface area contributed by atoms with Crippen molar-refractivity contribution in [2.24, 2.45) is 0 Å². The maximum atomic E-state index is 14.1. The SMILES string of the molecule is CNc1cccc(C2C(C(=O)OC)=C(C)NC(C)=C2C(=O)OC2(C)CCN(CCC(c3ccccc3)c3ccccc3)C2)c1. The van der Waals surface area contributed by atoms with E-state index in [0.717, 1.165) is 37.2 Å². The molecule has 0 radical (unpaired) electrons. The van der Waals surface area contributed by atoms with Gasteiger partial charge in [-0.05, 0) is 62.6 Å². The largest absolute Gasteiger partial charge is 0.466 e. The molecule has 0 aromatic heterocycles. The van der Waals surface area contributed by atoms with E-state index in [-0.39, 0.29) is 5.92 Å². The number of rotatable bonds is 10. The summed E-state index contributed by atoms with van der Waals surface area (Å²) in [7, 11) is 3.20. The lowest BCUT2D eigenvalue weighted by atomic mass is 9.80. The van der Waals surface area contributed by atoms with Crippen molar-refractivity contribution in [3.05, 3.63) is 124 Å². The number of hydrogen-bond acceptors (Lipinski definition) is 7. The number of likely N-dealkylation sites (tertiary alicyclic amines) is 1. The number of carbonyl (C=O) groups is 2. The van der Waals surface area contributed by atoms with Gasteiger partial charge in [0.05, 0.1) is 24.2 Å². The summed E-state index contributed by atoms with van der Waals surface area (Å²) in [5.74, 6) is -1.23. The van der Waals surface area contributed by atoms with Gasteiger partial charge in [0, 0.05) is 49.6 Å². The predicted octanol–water partition coefficient (Wildman–Crippen LogP) is 6.37. The van der Waals surface area contributed by atoms with E-state index in [1.165, 1.54) is 18.2 Å². The highest BCUT2D eigenvalue weighted by molar-refractivity contribution is 6.00. The van der Waals surface area contributed by atoms with E-state index in [2.05, 4.69) is 76.2 Å². The van der Waals surface area contributed by atoms with Crippen molar-refractivity contribution in [3.8, 4) is 0 Å². The molecule has 0 spiro atoms. The number of dihydropyridines is 1. The standard InChI is InChI=1S/C37H43N3O4/c1-25-32(35(41)43-5)34(29-17-12-18-30(23-29)38-4)33(26(2)39-25)36(42)44-37(3)20-22-40(24-37)21-19-31(27-13-8-6-9-14-27)28-15-10-7-11-16-28/h6-18,23,31,34,38-39H,19-22,24H2,1-5H3. The second kappa shape index (κ2) is 13.5. The van der Waals surface area contributed by atoms with Crippen molar-refractivity contribution in [1.29, 1.82) is 0 Å². The first-order valence-corrected chi connectivity index (χ1v) is 15.3. The van der Waals surface area contributed by atoms with E-state index >= 15 is 0 Å². The Balaban J connectivity index is 1.34. The molecule has 3 aromatic rings. The summed E-state index contributed by atoms with van der Waals surface area (Å²) >= 11 is 0. The second-order valence-corrected chi connectivity index (χ2v) is 12.0. The third-order valence-corrected chi connectivity index (χ3v) is 8.89. The molecule has 2 heterocycles. The molecule has 1 fully saturated rings. The van der Waals surface area contributed by atoms with E-state index in [1.54, 1.807) is 0 Å². The number of hydrogen-bond donors (Lipinski definition) is 2. The first kappa shape index (κ1) is 31.1. The molecule has 0 bridgehead atoms. The van der Waals surface area contributed by atoms with Gasteiger partial charge in [0.2, 0.25) is 0 Å². The van der Waals surface area contributed by atoms with Crippen LogP contribution < -0.4 is 10.6 Å². The highest BCUT2D eigenvalue weighted by atomic mass is 16.6. The zero-order valence-corrected chi connectivity index (χ0v) is 26.4. The van der Waals surface area contributed by atoms with Gasteiger partial charge in [-0.3, -0.25) is 4.90 Å². The lowest BCUT2D eigenvalue weighted by molar-refractivity contribution is -0.152. The molecule has 2 atom stereocenters. The van der Waals surface area contributed by atoms with Crippen molar-refractivity contribution < 1.29 is 19.1 Å². The van der Waals surface area contributed by atoms with Crippen LogP contribution in [-0.4, -0.2) is 56.2 Å². The Morgan fingerprint density at radius 2 is 1.55 bits per heavy atom. The molecule has 230 valence electrons. The zero-order valence-electron chi connectivity index (χ0n) is 26.4. The molecule has 7 nitrogen and oxygen atoms in total. The summed E-state index contributed by atoms with van der Waals surface area (Å²) < 4.78 is 11.5. The Kier molecular flexibility index (Phi) is 9.55. The topological polar surface area (TPSA) is 79.9 Å². The molecule has 0 aliphatic carbocycles. The quantitative estimate of drug-likeness (QED) is 0.265. The van der Waals surface area contributed by atoms with Gasteiger partial charge in [-0.2, -0.15) is 0 Å². The highest BCUT2D eigenvalue weighted by Crippen LogP contribution is 2.41. The van der Waals surface area contributed by atoms with Gasteiger partial charge < -0.3 is 20.1 Å². The molecule has 0 saturated carbocycles. The van der Waals surface area contributed by atoms with Gasteiger partial charge in [0.15, 0.2) is 0 Å². The van der Waals surface area contributed by atoms with Crippen molar-refractivity contribution in [2.75, 3.05) is 39.1 Å². The number of carbonyl (C=O) groups excluding carboxylic acids is 2. The van der Waals surface area contributed by atoms with Gasteiger partial charge in [-0.1, -0.05) is 72.8 Å². The van der Waals surface area contributed by atoms with Gasteiger partial charge in [-0.25, -0.2) is 9.59 Å². The summed E-state index contributed by atoms with van der Waals surface area (Å²) in [6.07, 6.45) is 1.70. The highest BCUT2D eigenvalue weighted by Gasteiger charge is 2.42. The minimum atomic E-state index is -0.654. The average Bonchev–Trinajstić information content (AvgIpc) is 3.41. The molecular weight excluding hydrogens is 550 g/mol.